The molecule has 0 spiro atoms. The summed E-state index contributed by atoms with van der Waals surface area (Å²) in [6, 6.07) is 6.91. The fourth-order valence-electron chi connectivity index (χ4n) is 8.88. The van der Waals surface area contributed by atoms with Crippen molar-refractivity contribution in [3.05, 3.63) is 105 Å². The molecule has 2 fully saturated rings. The van der Waals surface area contributed by atoms with Crippen LogP contribution < -0.4 is 21.7 Å². The molecule has 2 aromatic heterocycles. The van der Waals surface area contributed by atoms with Crippen LogP contribution in [-0.2, 0) is 44.3 Å². The van der Waals surface area contributed by atoms with E-state index in [0.29, 0.717) is 60.2 Å². The van der Waals surface area contributed by atoms with E-state index in [1.807, 2.05) is 96.9 Å². The number of phenols is 2. The number of hydrogen-bond donors (Lipinski definition) is 7. The predicted octanol–water partition coefficient (Wildman–Crippen LogP) is 9.58. The number of phenolic OH excluding ortho intramolecular Hbond substituents is 2. The zero-order chi connectivity index (χ0) is 53.3. The number of carbonyl (C=O) groups excluding carboxylic acids is 3. The van der Waals surface area contributed by atoms with Crippen molar-refractivity contribution in [2.24, 2.45) is 5.73 Å². The molecule has 2 aliphatic carbocycles. The smallest absolute Gasteiger partial charge is 0.329 e. The van der Waals surface area contributed by atoms with Gasteiger partial charge >= 0.3 is 5.97 Å². The highest BCUT2D eigenvalue weighted by Crippen LogP contribution is 2.42. The van der Waals surface area contributed by atoms with Gasteiger partial charge in [0.25, 0.3) is 11.8 Å². The summed E-state index contributed by atoms with van der Waals surface area (Å²) in [5, 5.41) is 40.4. The second-order valence-electron chi connectivity index (χ2n) is 23.5. The number of rotatable bonds is 9. The lowest BCUT2D eigenvalue weighted by atomic mass is 9.78. The summed E-state index contributed by atoms with van der Waals surface area (Å²) < 4.78 is 0. The van der Waals surface area contributed by atoms with Crippen LogP contribution in [0.15, 0.2) is 49.1 Å². The molecule has 6 rings (SSSR count). The first-order valence-corrected chi connectivity index (χ1v) is 25.0. The molecule has 8 N–H and O–H groups in total. The van der Waals surface area contributed by atoms with E-state index in [1.54, 1.807) is 49.1 Å². The third kappa shape index (κ3) is 15.3. The van der Waals surface area contributed by atoms with Crippen LogP contribution in [0, 0.1) is 13.8 Å². The third-order valence-corrected chi connectivity index (χ3v) is 13.2. The first kappa shape index (κ1) is 57.6. The summed E-state index contributed by atoms with van der Waals surface area (Å²) in [6.45, 7) is 28.5. The zero-order valence-corrected chi connectivity index (χ0v) is 44.9. The summed E-state index contributed by atoms with van der Waals surface area (Å²) in [6.07, 6.45) is 14.1. The SMILES string of the molecule is CC(C)(C)c1cc(C(=O)NC2(C(=O)O)CCCCC2)cc(C(C)(C)C)c1O.Cc1cnc(CN)cn1.Cc1cnc(CNC(=O)C2(NC(=O)c3cc(C(C)(C)C)c(O)c(C(C)(C)C)c3)CCCCC2)cn1. The number of amides is 3. The molecule has 388 valence electrons. The summed E-state index contributed by atoms with van der Waals surface area (Å²) in [5.41, 5.74) is 8.63. The topological polar surface area (TPSA) is 243 Å². The van der Waals surface area contributed by atoms with Crippen LogP contribution in [0.5, 0.6) is 11.5 Å². The number of hydrogen-bond acceptors (Lipinski definition) is 11. The maximum atomic E-state index is 13.6. The van der Waals surface area contributed by atoms with Crippen molar-refractivity contribution in [1.29, 1.82) is 0 Å². The number of aromatic hydroxyl groups is 2. The highest BCUT2D eigenvalue weighted by Gasteiger charge is 2.43. The van der Waals surface area contributed by atoms with E-state index in [4.69, 9.17) is 5.73 Å². The molecule has 4 aromatic rings. The Labute approximate surface area is 422 Å². The molecular weight excluding hydrogens is 897 g/mol. The number of aryl methyl sites for hydroxylation is 2. The van der Waals surface area contributed by atoms with Crippen LogP contribution in [0.3, 0.4) is 0 Å². The van der Waals surface area contributed by atoms with Crippen LogP contribution >= 0.6 is 0 Å². The molecule has 3 amide bonds. The molecule has 0 radical (unpaired) electrons. The van der Waals surface area contributed by atoms with Crippen molar-refractivity contribution < 1.29 is 34.5 Å². The Kier molecular flexibility index (Phi) is 18.7. The van der Waals surface area contributed by atoms with Gasteiger partial charge in [0.05, 0.1) is 35.5 Å². The average molecular weight is 979 g/mol. The lowest BCUT2D eigenvalue weighted by Crippen LogP contribution is -2.59. The summed E-state index contributed by atoms with van der Waals surface area (Å²) in [4.78, 5) is 68.5. The molecular formula is C56H82N8O7. The highest BCUT2D eigenvalue weighted by atomic mass is 16.4. The third-order valence-electron chi connectivity index (χ3n) is 13.2. The second kappa shape index (κ2) is 23.1. The Morgan fingerprint density at radius 2 is 0.873 bits per heavy atom. The van der Waals surface area contributed by atoms with E-state index < -0.39 is 23.0 Å². The quantitative estimate of drug-likeness (QED) is 0.0829. The molecule has 0 atom stereocenters. The number of carbonyl (C=O) groups is 4. The average Bonchev–Trinajstić information content (AvgIpc) is 3.28. The fourth-order valence-corrected chi connectivity index (χ4v) is 8.88. The van der Waals surface area contributed by atoms with Crippen LogP contribution in [0.2, 0.25) is 0 Å². The van der Waals surface area contributed by atoms with E-state index in [1.165, 1.54) is 0 Å². The normalized spacial score (nSPS) is 15.7. The lowest BCUT2D eigenvalue weighted by molar-refractivity contribution is -0.146. The Morgan fingerprint density at radius 3 is 1.18 bits per heavy atom. The molecule has 2 heterocycles. The number of benzene rings is 2. The lowest BCUT2D eigenvalue weighted by Gasteiger charge is -2.37. The molecule has 0 aliphatic heterocycles. The molecule has 2 aliphatic rings. The van der Waals surface area contributed by atoms with Crippen molar-refractivity contribution in [3.8, 4) is 11.5 Å². The van der Waals surface area contributed by atoms with Crippen LogP contribution in [0.4, 0.5) is 0 Å². The first-order valence-electron chi connectivity index (χ1n) is 25.0. The van der Waals surface area contributed by atoms with Crippen molar-refractivity contribution >= 4 is 23.7 Å². The van der Waals surface area contributed by atoms with E-state index >= 15 is 0 Å². The van der Waals surface area contributed by atoms with Crippen LogP contribution in [0.1, 0.15) is 213 Å². The first-order chi connectivity index (χ1) is 32.8. The van der Waals surface area contributed by atoms with E-state index in [2.05, 4.69) is 35.9 Å². The van der Waals surface area contributed by atoms with E-state index in [0.717, 1.165) is 66.7 Å². The number of carboxylic acids is 1. The summed E-state index contributed by atoms with van der Waals surface area (Å²) in [5.74, 6) is -1.42. The van der Waals surface area contributed by atoms with E-state index in [9.17, 15) is 34.5 Å². The molecule has 0 saturated heterocycles. The van der Waals surface area contributed by atoms with Gasteiger partial charge in [-0.2, -0.15) is 0 Å². The Morgan fingerprint density at radius 1 is 0.535 bits per heavy atom. The van der Waals surface area contributed by atoms with Gasteiger partial charge in [0, 0.05) is 58.5 Å². The number of carboxylic acid groups (broad SMARTS) is 1. The van der Waals surface area contributed by atoms with Crippen LogP contribution in [-0.4, -0.2) is 70.0 Å². The Balaban J connectivity index is 0.000000268. The number of nitrogens with zero attached hydrogens (tertiary/aromatic N) is 4. The van der Waals surface area contributed by atoms with Gasteiger partial charge in [0.2, 0.25) is 5.91 Å². The molecule has 0 unspecified atom stereocenters. The standard InChI is InChI=1S/C28H40N4O3.C22H33NO4.C6H9N3/c1-18-15-30-20(16-29-18)17-31-25(35)28(11-9-8-10-12-28)32-24(34)19-13-21(26(2,3)4)23(33)22(14-19)27(5,6)7;1-20(2,3)15-12-14(13-16(17(15)24)21(4,5)6)18(25)23-22(19(26)27)10-8-7-9-11-22;1-5-3-9-6(2-7)4-8-5/h13-16,33H,8-12,17H2,1-7H3,(H,31,35)(H,32,34);12-13,24H,7-11H2,1-6H3,(H,23,25)(H,26,27);3-4H,2,7H2,1H3. The van der Waals surface area contributed by atoms with Gasteiger partial charge in [0.15, 0.2) is 0 Å². The van der Waals surface area contributed by atoms with Gasteiger partial charge in [-0.1, -0.05) is 122 Å². The predicted molar refractivity (Wildman–Crippen MR) is 278 cm³/mol. The van der Waals surface area contributed by atoms with Crippen molar-refractivity contribution in [1.82, 2.24) is 35.9 Å². The van der Waals surface area contributed by atoms with Crippen molar-refractivity contribution in [2.45, 2.75) is 207 Å². The molecule has 71 heavy (non-hydrogen) atoms. The number of aromatic nitrogens is 4. The monoisotopic (exact) mass is 979 g/mol. The zero-order valence-electron chi connectivity index (χ0n) is 44.9. The largest absolute Gasteiger partial charge is 0.507 e. The Bertz CT molecular complexity index is 2410. The van der Waals surface area contributed by atoms with Gasteiger partial charge in [-0.05, 0) is 85.5 Å². The number of nitrogens with two attached hydrogens (primary N) is 1. The maximum Gasteiger partial charge on any atom is 0.329 e. The van der Waals surface area contributed by atoms with Gasteiger partial charge in [-0.3, -0.25) is 34.3 Å². The molecule has 15 nitrogen and oxygen atoms in total. The summed E-state index contributed by atoms with van der Waals surface area (Å²) in [7, 11) is 0. The van der Waals surface area contributed by atoms with Crippen molar-refractivity contribution in [2.75, 3.05) is 0 Å². The van der Waals surface area contributed by atoms with Crippen molar-refractivity contribution in [3.63, 3.8) is 0 Å². The minimum Gasteiger partial charge on any atom is -0.507 e. The minimum absolute atomic E-state index is 0.196. The van der Waals surface area contributed by atoms with Gasteiger partial charge in [-0.25, -0.2) is 4.79 Å². The second-order valence-corrected chi connectivity index (χ2v) is 23.5. The maximum absolute atomic E-state index is 13.6. The molecule has 0 bridgehead atoms. The molecule has 2 saturated carbocycles. The van der Waals surface area contributed by atoms with E-state index in [-0.39, 0.29) is 51.5 Å². The number of nitrogens with one attached hydrogen (secondary N) is 3. The van der Waals surface area contributed by atoms with Gasteiger partial charge in [0.1, 0.15) is 22.6 Å². The fraction of sp³-hybridized carbons (Fsp3) is 0.571. The van der Waals surface area contributed by atoms with Gasteiger partial charge < -0.3 is 37.0 Å². The minimum atomic E-state index is -1.20. The van der Waals surface area contributed by atoms with Crippen LogP contribution in [0.25, 0.3) is 0 Å². The number of aliphatic carboxylic acids is 1. The summed E-state index contributed by atoms with van der Waals surface area (Å²) >= 11 is 0. The molecule has 15 heteroatoms. The highest BCUT2D eigenvalue weighted by molar-refractivity contribution is 6.00. The molecule has 2 aromatic carbocycles. The Hall–Kier alpha value is -5.96. The van der Waals surface area contributed by atoms with Gasteiger partial charge in [-0.15, -0.1) is 0 Å².